The van der Waals surface area contributed by atoms with Gasteiger partial charge in [-0.15, -0.1) is 10.2 Å². The first-order valence-electron chi connectivity index (χ1n) is 13.5. The third-order valence-electron chi connectivity index (χ3n) is 7.11. The molecule has 38 heavy (non-hydrogen) atoms. The molecule has 1 aliphatic carbocycles. The normalized spacial score (nSPS) is 14.9. The number of hydrogen-bond donors (Lipinski definition) is 1. The van der Waals surface area contributed by atoms with Crippen molar-refractivity contribution in [3.05, 3.63) is 60.4 Å². The summed E-state index contributed by atoms with van der Waals surface area (Å²) in [6.45, 7) is 3.71. The standard InChI is InChI=1S/C29H34N6O3/c1-3-10-25(29(37)30-22-13-5-4-6-14-22)35(24-16-9-12-21-11-7-8-15-23(21)24)27(36)19-34-32-28(31-33-34)26-18-17-20(2)38-26/h7-9,11-12,15-18,22,25H,3-6,10,13-14,19H2,1-2H3,(H,30,37). The molecular formula is C29H34N6O3. The van der Waals surface area contributed by atoms with Crippen LogP contribution < -0.4 is 10.2 Å². The van der Waals surface area contributed by atoms with E-state index in [2.05, 4.69) is 20.7 Å². The van der Waals surface area contributed by atoms with Crippen molar-refractivity contribution in [1.82, 2.24) is 25.5 Å². The Labute approximate surface area is 222 Å². The summed E-state index contributed by atoms with van der Waals surface area (Å²) in [6, 6.07) is 16.8. The fraction of sp³-hybridized carbons (Fsp3) is 0.414. The van der Waals surface area contributed by atoms with Crippen molar-refractivity contribution in [3.8, 4) is 11.6 Å². The summed E-state index contributed by atoms with van der Waals surface area (Å²) in [7, 11) is 0. The Kier molecular flexibility index (Phi) is 7.81. The number of tetrazole rings is 1. The van der Waals surface area contributed by atoms with Crippen LogP contribution in [-0.4, -0.2) is 44.1 Å². The van der Waals surface area contributed by atoms with Crippen molar-refractivity contribution in [2.45, 2.75) is 77.4 Å². The van der Waals surface area contributed by atoms with E-state index >= 15 is 0 Å². The summed E-state index contributed by atoms with van der Waals surface area (Å²) in [5.74, 6) is 1.14. The van der Waals surface area contributed by atoms with E-state index in [1.807, 2.05) is 62.4 Å². The predicted molar refractivity (Wildman–Crippen MR) is 145 cm³/mol. The Balaban J connectivity index is 1.48. The van der Waals surface area contributed by atoms with E-state index in [4.69, 9.17) is 4.42 Å². The van der Waals surface area contributed by atoms with E-state index in [9.17, 15) is 9.59 Å². The van der Waals surface area contributed by atoms with Crippen LogP contribution in [0.2, 0.25) is 0 Å². The number of fused-ring (bicyclic) bond motifs is 1. The summed E-state index contributed by atoms with van der Waals surface area (Å²) in [5.41, 5.74) is 0.701. The van der Waals surface area contributed by atoms with Crippen molar-refractivity contribution in [2.24, 2.45) is 0 Å². The first kappa shape index (κ1) is 25.6. The molecule has 1 N–H and O–H groups in total. The Hall–Kier alpha value is -4.01. The van der Waals surface area contributed by atoms with Crippen LogP contribution in [0.15, 0.2) is 59.0 Å². The molecule has 0 spiro atoms. The zero-order chi connectivity index (χ0) is 26.5. The third kappa shape index (κ3) is 5.61. The molecule has 0 radical (unpaired) electrons. The molecule has 0 saturated heterocycles. The van der Waals surface area contributed by atoms with Crippen LogP contribution >= 0.6 is 0 Å². The van der Waals surface area contributed by atoms with E-state index < -0.39 is 6.04 Å². The van der Waals surface area contributed by atoms with Crippen LogP contribution in [-0.2, 0) is 16.1 Å². The molecule has 1 aliphatic rings. The van der Waals surface area contributed by atoms with Crippen molar-refractivity contribution < 1.29 is 14.0 Å². The molecule has 1 fully saturated rings. The van der Waals surface area contributed by atoms with Crippen molar-refractivity contribution >= 4 is 28.3 Å². The lowest BCUT2D eigenvalue weighted by Gasteiger charge is -2.33. The summed E-state index contributed by atoms with van der Waals surface area (Å²) < 4.78 is 5.60. The second-order valence-electron chi connectivity index (χ2n) is 9.96. The minimum Gasteiger partial charge on any atom is -0.458 e. The van der Waals surface area contributed by atoms with Gasteiger partial charge in [0, 0.05) is 11.4 Å². The topological polar surface area (TPSA) is 106 Å². The molecule has 9 heteroatoms. The highest BCUT2D eigenvalue weighted by molar-refractivity contribution is 6.07. The maximum Gasteiger partial charge on any atom is 0.251 e. The number of aromatic nitrogens is 4. The van der Waals surface area contributed by atoms with Crippen LogP contribution in [0.5, 0.6) is 0 Å². The average molecular weight is 515 g/mol. The van der Waals surface area contributed by atoms with Crippen LogP contribution in [0.1, 0.15) is 57.6 Å². The van der Waals surface area contributed by atoms with E-state index in [-0.39, 0.29) is 24.4 Å². The van der Waals surface area contributed by atoms with Gasteiger partial charge in [-0.3, -0.25) is 14.5 Å². The van der Waals surface area contributed by atoms with Gasteiger partial charge in [-0.25, -0.2) is 0 Å². The first-order chi connectivity index (χ1) is 18.5. The van der Waals surface area contributed by atoms with Crippen LogP contribution in [0.3, 0.4) is 0 Å². The van der Waals surface area contributed by atoms with Crippen LogP contribution in [0.4, 0.5) is 5.69 Å². The number of anilines is 1. The molecule has 2 heterocycles. The zero-order valence-corrected chi connectivity index (χ0v) is 22.0. The van der Waals surface area contributed by atoms with Gasteiger partial charge in [0.05, 0.1) is 5.69 Å². The highest BCUT2D eigenvalue weighted by Crippen LogP contribution is 2.30. The molecule has 0 aliphatic heterocycles. The monoisotopic (exact) mass is 514 g/mol. The van der Waals surface area contributed by atoms with Gasteiger partial charge < -0.3 is 9.73 Å². The molecule has 4 aromatic rings. The lowest BCUT2D eigenvalue weighted by molar-refractivity contribution is -0.127. The minimum atomic E-state index is -0.657. The fourth-order valence-electron chi connectivity index (χ4n) is 5.25. The molecule has 9 nitrogen and oxygen atoms in total. The fourth-order valence-corrected chi connectivity index (χ4v) is 5.25. The van der Waals surface area contributed by atoms with E-state index in [1.165, 1.54) is 11.2 Å². The van der Waals surface area contributed by atoms with Crippen molar-refractivity contribution in [2.75, 3.05) is 4.90 Å². The number of hydrogen-bond acceptors (Lipinski definition) is 6. The van der Waals surface area contributed by atoms with Crippen LogP contribution in [0, 0.1) is 6.92 Å². The SMILES string of the molecule is CCCC(C(=O)NC1CCCCC1)N(C(=O)Cn1nnc(-c2ccc(C)o2)n1)c1cccc2ccccc12. The molecule has 198 valence electrons. The van der Waals surface area contributed by atoms with Gasteiger partial charge in [-0.1, -0.05) is 69.0 Å². The molecule has 0 bridgehead atoms. The van der Waals surface area contributed by atoms with Gasteiger partial charge in [0.1, 0.15) is 18.3 Å². The average Bonchev–Trinajstić information content (AvgIpc) is 3.58. The number of amides is 2. The van der Waals surface area contributed by atoms with E-state index in [1.54, 1.807) is 11.0 Å². The van der Waals surface area contributed by atoms with Crippen molar-refractivity contribution in [3.63, 3.8) is 0 Å². The summed E-state index contributed by atoms with van der Waals surface area (Å²) >= 11 is 0. The number of carbonyl (C=O) groups is 2. The molecule has 1 unspecified atom stereocenters. The Morgan fingerprint density at radius 1 is 1.08 bits per heavy atom. The van der Waals surface area contributed by atoms with Gasteiger partial charge in [-0.05, 0) is 55.0 Å². The molecular weight excluding hydrogens is 480 g/mol. The molecule has 2 aromatic carbocycles. The number of rotatable bonds is 9. The number of aryl methyl sites for hydroxylation is 1. The zero-order valence-electron chi connectivity index (χ0n) is 22.0. The number of furan rings is 1. The Bertz CT molecular complexity index is 1400. The van der Waals surface area contributed by atoms with Gasteiger partial charge in [0.25, 0.3) is 5.91 Å². The second-order valence-corrected chi connectivity index (χ2v) is 9.96. The number of benzene rings is 2. The molecule has 1 atom stereocenters. The van der Waals surface area contributed by atoms with Gasteiger partial charge >= 0.3 is 0 Å². The lowest BCUT2D eigenvalue weighted by atomic mass is 9.95. The summed E-state index contributed by atoms with van der Waals surface area (Å²) in [4.78, 5) is 30.6. The minimum absolute atomic E-state index is 0.113. The summed E-state index contributed by atoms with van der Waals surface area (Å²) in [5, 5.41) is 17.7. The maximum absolute atomic E-state index is 14.0. The van der Waals surface area contributed by atoms with Crippen molar-refractivity contribution in [1.29, 1.82) is 0 Å². The molecule has 2 amide bonds. The predicted octanol–water partition coefficient (Wildman–Crippen LogP) is 5.05. The molecule has 1 saturated carbocycles. The van der Waals surface area contributed by atoms with Gasteiger partial charge in [0.15, 0.2) is 5.76 Å². The highest BCUT2D eigenvalue weighted by Gasteiger charge is 2.33. The molecule has 5 rings (SSSR count). The second kappa shape index (κ2) is 11.6. The van der Waals surface area contributed by atoms with E-state index in [0.717, 1.165) is 48.6 Å². The lowest BCUT2D eigenvalue weighted by Crippen LogP contribution is -2.53. The quantitative estimate of drug-likeness (QED) is 0.335. The van der Waals surface area contributed by atoms with Gasteiger partial charge in [0.2, 0.25) is 11.7 Å². The number of nitrogens with one attached hydrogen (secondary N) is 1. The Morgan fingerprint density at radius 2 is 1.87 bits per heavy atom. The largest absolute Gasteiger partial charge is 0.458 e. The summed E-state index contributed by atoms with van der Waals surface area (Å²) in [6.07, 6.45) is 6.68. The van der Waals surface area contributed by atoms with E-state index in [0.29, 0.717) is 23.7 Å². The highest BCUT2D eigenvalue weighted by atomic mass is 16.3. The number of carbonyl (C=O) groups excluding carboxylic acids is 2. The Morgan fingerprint density at radius 3 is 2.63 bits per heavy atom. The van der Waals surface area contributed by atoms with Gasteiger partial charge in [-0.2, -0.15) is 4.80 Å². The molecule has 2 aromatic heterocycles. The number of nitrogens with zero attached hydrogens (tertiary/aromatic N) is 5. The maximum atomic E-state index is 14.0. The third-order valence-corrected chi connectivity index (χ3v) is 7.11. The smallest absolute Gasteiger partial charge is 0.251 e. The first-order valence-corrected chi connectivity index (χ1v) is 13.5. The van der Waals surface area contributed by atoms with Crippen LogP contribution in [0.25, 0.3) is 22.4 Å².